The molecule has 0 nitrogen and oxygen atoms in total. The van der Waals surface area contributed by atoms with Crippen LogP contribution in [0.4, 0.5) is 4.39 Å². The van der Waals surface area contributed by atoms with Crippen LogP contribution in [0, 0.1) is 5.82 Å². The zero-order chi connectivity index (χ0) is 12.8. The Morgan fingerprint density at radius 2 is 1.37 bits per heavy atom. The Morgan fingerprint density at radius 3 is 2.16 bits per heavy atom. The summed E-state index contributed by atoms with van der Waals surface area (Å²) in [6.07, 6.45) is 0. The molecule has 2 aromatic carbocycles. The van der Waals surface area contributed by atoms with Crippen LogP contribution in [0.2, 0.25) is 0 Å². The third kappa shape index (κ3) is 1.86. The maximum absolute atomic E-state index is 13.2. The minimum atomic E-state index is -0.173. The van der Waals surface area contributed by atoms with Crippen LogP contribution in [0.15, 0.2) is 54.6 Å². The largest absolute Gasteiger partial charge is 0.207 e. The lowest BCUT2D eigenvalue weighted by atomic mass is 10.2. The second-order valence-electron chi connectivity index (χ2n) is 4.44. The van der Waals surface area contributed by atoms with Crippen LogP contribution in [0.25, 0.3) is 29.9 Å². The van der Waals surface area contributed by atoms with Gasteiger partial charge in [0.2, 0.25) is 0 Å². The quantitative estimate of drug-likeness (QED) is 0.407. The van der Waals surface area contributed by atoms with E-state index in [2.05, 4.69) is 36.4 Å². The van der Waals surface area contributed by atoms with Crippen molar-refractivity contribution in [3.05, 3.63) is 60.4 Å². The molecule has 4 rings (SSSR count). The Kier molecular flexibility index (Phi) is 2.43. The van der Waals surface area contributed by atoms with Gasteiger partial charge in [-0.1, -0.05) is 18.2 Å². The van der Waals surface area contributed by atoms with E-state index in [9.17, 15) is 4.39 Å². The molecule has 0 radical (unpaired) electrons. The summed E-state index contributed by atoms with van der Waals surface area (Å²) in [7, 11) is 0. The fraction of sp³-hybridized carbons (Fsp3) is 0. The summed E-state index contributed by atoms with van der Waals surface area (Å²) >= 11 is 3.50. The van der Waals surface area contributed by atoms with E-state index in [0.29, 0.717) is 0 Å². The fourth-order valence-corrected chi connectivity index (χ4v) is 4.42. The van der Waals surface area contributed by atoms with Crippen LogP contribution < -0.4 is 0 Å². The Labute approximate surface area is 117 Å². The van der Waals surface area contributed by atoms with Gasteiger partial charge in [0.15, 0.2) is 0 Å². The number of hydrogen-bond acceptors (Lipinski definition) is 2. The second-order valence-corrected chi connectivity index (χ2v) is 6.61. The smallest absolute Gasteiger partial charge is 0.123 e. The molecule has 0 fully saturated rings. The van der Waals surface area contributed by atoms with Gasteiger partial charge in [-0.15, -0.1) is 22.7 Å². The molecule has 19 heavy (non-hydrogen) atoms. The summed E-state index contributed by atoms with van der Waals surface area (Å²) in [5.74, 6) is -0.173. The minimum absolute atomic E-state index is 0.173. The Balaban J connectivity index is 1.93. The van der Waals surface area contributed by atoms with E-state index < -0.39 is 0 Å². The Hall–Kier alpha value is -1.71. The number of hydrogen-bond donors (Lipinski definition) is 0. The Bertz CT molecular complexity index is 853. The molecule has 0 bridgehead atoms. The van der Waals surface area contributed by atoms with E-state index in [-0.39, 0.29) is 5.82 Å². The maximum atomic E-state index is 13.2. The van der Waals surface area contributed by atoms with Gasteiger partial charge in [0.25, 0.3) is 0 Å². The third-order valence-electron chi connectivity index (χ3n) is 3.15. The van der Waals surface area contributed by atoms with Gasteiger partial charge < -0.3 is 0 Å². The van der Waals surface area contributed by atoms with Crippen LogP contribution in [0.1, 0.15) is 0 Å². The van der Waals surface area contributed by atoms with Crippen LogP contribution in [-0.2, 0) is 0 Å². The first kappa shape index (κ1) is 11.1. The molecule has 0 N–H and O–H groups in total. The Morgan fingerprint density at radius 1 is 0.684 bits per heavy atom. The van der Waals surface area contributed by atoms with Crippen molar-refractivity contribution in [1.29, 1.82) is 0 Å². The van der Waals surface area contributed by atoms with Crippen LogP contribution in [0.5, 0.6) is 0 Å². The van der Waals surface area contributed by atoms with Gasteiger partial charge in [-0.25, -0.2) is 4.39 Å². The molecule has 0 aliphatic heterocycles. The van der Waals surface area contributed by atoms with E-state index in [4.69, 9.17) is 0 Å². The number of benzene rings is 2. The topological polar surface area (TPSA) is 0 Å². The van der Waals surface area contributed by atoms with Crippen molar-refractivity contribution in [3.8, 4) is 9.75 Å². The summed E-state index contributed by atoms with van der Waals surface area (Å²) in [6.45, 7) is 0. The number of fused-ring (bicyclic) bond motifs is 2. The molecule has 0 spiro atoms. The van der Waals surface area contributed by atoms with E-state index in [0.717, 1.165) is 10.1 Å². The van der Waals surface area contributed by atoms with Crippen molar-refractivity contribution in [1.82, 2.24) is 0 Å². The van der Waals surface area contributed by atoms with Gasteiger partial charge >= 0.3 is 0 Å². The van der Waals surface area contributed by atoms with Crippen LogP contribution >= 0.6 is 22.7 Å². The van der Waals surface area contributed by atoms with Crippen molar-refractivity contribution >= 4 is 42.8 Å². The lowest BCUT2D eigenvalue weighted by Crippen LogP contribution is -1.68. The normalized spacial score (nSPS) is 11.4. The summed E-state index contributed by atoms with van der Waals surface area (Å²) in [6, 6.07) is 17.6. The molecule has 0 saturated carbocycles. The highest BCUT2D eigenvalue weighted by atomic mass is 32.1. The number of rotatable bonds is 1. The SMILES string of the molecule is Fc1ccc2sc(-c3cc4ccccc4s3)cc2c1. The predicted octanol–water partition coefficient (Wildman–Crippen LogP) is 5.92. The van der Waals surface area contributed by atoms with Crippen LogP contribution in [0.3, 0.4) is 0 Å². The van der Waals surface area contributed by atoms with Gasteiger partial charge in [-0.3, -0.25) is 0 Å². The van der Waals surface area contributed by atoms with Gasteiger partial charge in [0, 0.05) is 19.2 Å². The molecule has 0 saturated heterocycles. The average molecular weight is 284 g/mol. The zero-order valence-corrected chi connectivity index (χ0v) is 11.5. The second kappa shape index (κ2) is 4.15. The van der Waals surface area contributed by atoms with Gasteiger partial charge in [-0.2, -0.15) is 0 Å². The molecule has 0 aliphatic rings. The monoisotopic (exact) mass is 284 g/mol. The maximum Gasteiger partial charge on any atom is 0.123 e. The first-order valence-electron chi connectivity index (χ1n) is 5.98. The number of thiophene rings is 2. The van der Waals surface area contributed by atoms with Gasteiger partial charge in [0.05, 0.1) is 0 Å². The molecule has 0 unspecified atom stereocenters. The molecule has 2 aromatic heterocycles. The standard InChI is InChI=1S/C16H9FS2/c17-12-5-6-14-11(7-12)9-16(19-14)15-8-10-3-1-2-4-13(10)18-15/h1-9H. The van der Waals surface area contributed by atoms with Gasteiger partial charge in [-0.05, 0) is 47.2 Å². The van der Waals surface area contributed by atoms with Gasteiger partial charge in [0.1, 0.15) is 5.82 Å². The first-order chi connectivity index (χ1) is 9.29. The highest BCUT2D eigenvalue weighted by Gasteiger charge is 2.08. The minimum Gasteiger partial charge on any atom is -0.207 e. The molecular weight excluding hydrogens is 275 g/mol. The highest BCUT2D eigenvalue weighted by molar-refractivity contribution is 7.28. The lowest BCUT2D eigenvalue weighted by Gasteiger charge is -1.86. The summed E-state index contributed by atoms with van der Waals surface area (Å²) < 4.78 is 15.6. The zero-order valence-electron chi connectivity index (χ0n) is 9.89. The van der Waals surface area contributed by atoms with E-state index in [1.165, 1.54) is 25.9 Å². The van der Waals surface area contributed by atoms with Crippen molar-refractivity contribution in [2.24, 2.45) is 0 Å². The summed E-state index contributed by atoms with van der Waals surface area (Å²) in [5.41, 5.74) is 0. The van der Waals surface area contributed by atoms with Crippen molar-refractivity contribution < 1.29 is 4.39 Å². The molecule has 3 heteroatoms. The summed E-state index contributed by atoms with van der Waals surface area (Å²) in [5, 5.41) is 2.25. The molecular formula is C16H9FS2. The number of halogens is 1. The molecule has 92 valence electrons. The van der Waals surface area contributed by atoms with E-state index >= 15 is 0 Å². The fourth-order valence-electron chi connectivity index (χ4n) is 2.24. The van der Waals surface area contributed by atoms with Crippen LogP contribution in [-0.4, -0.2) is 0 Å². The van der Waals surface area contributed by atoms with Crippen molar-refractivity contribution in [3.63, 3.8) is 0 Å². The molecule has 2 heterocycles. The van der Waals surface area contributed by atoms with Crippen molar-refractivity contribution in [2.45, 2.75) is 0 Å². The van der Waals surface area contributed by atoms with E-state index in [1.807, 2.05) is 6.07 Å². The molecule has 4 aromatic rings. The first-order valence-corrected chi connectivity index (χ1v) is 7.61. The average Bonchev–Trinajstić information content (AvgIpc) is 3.00. The van der Waals surface area contributed by atoms with Crippen molar-refractivity contribution in [2.75, 3.05) is 0 Å². The summed E-state index contributed by atoms with van der Waals surface area (Å²) in [4.78, 5) is 2.46. The molecule has 0 atom stereocenters. The predicted molar refractivity (Wildman–Crippen MR) is 82.6 cm³/mol. The highest BCUT2D eigenvalue weighted by Crippen LogP contribution is 2.39. The third-order valence-corrected chi connectivity index (χ3v) is 5.57. The van der Waals surface area contributed by atoms with E-state index in [1.54, 1.807) is 28.7 Å². The molecule has 0 aliphatic carbocycles. The lowest BCUT2D eigenvalue weighted by molar-refractivity contribution is 0.630. The molecule has 0 amide bonds.